The summed E-state index contributed by atoms with van der Waals surface area (Å²) in [5.41, 5.74) is 0. The molecule has 1 aliphatic heterocycles. The van der Waals surface area contributed by atoms with Crippen LogP contribution in [0.2, 0.25) is 0 Å². The summed E-state index contributed by atoms with van der Waals surface area (Å²) in [6.07, 6.45) is 2.04. The molecule has 4 nitrogen and oxygen atoms in total. The number of nitrogens with one attached hydrogen (secondary N) is 1. The van der Waals surface area contributed by atoms with Crippen LogP contribution in [0.5, 0.6) is 0 Å². The molecule has 1 unspecified atom stereocenters. The van der Waals surface area contributed by atoms with Gasteiger partial charge in [0.05, 0.1) is 5.75 Å². The fourth-order valence-corrected chi connectivity index (χ4v) is 2.79. The third-order valence-electron chi connectivity index (χ3n) is 2.55. The van der Waals surface area contributed by atoms with Gasteiger partial charge >= 0.3 is 0 Å². The number of hydrogen-bond acceptors (Lipinski definition) is 3. The first-order valence-corrected chi connectivity index (χ1v) is 6.36. The van der Waals surface area contributed by atoms with Crippen LogP contribution in [0.3, 0.4) is 0 Å². The fourth-order valence-electron chi connectivity index (χ4n) is 1.61. The van der Waals surface area contributed by atoms with E-state index >= 15 is 0 Å². The minimum absolute atomic E-state index is 0.212. The van der Waals surface area contributed by atoms with Gasteiger partial charge in [-0.2, -0.15) is 0 Å². The Morgan fingerprint density at radius 2 is 2.23 bits per heavy atom. The van der Waals surface area contributed by atoms with Gasteiger partial charge in [-0.25, -0.2) is 12.7 Å². The average molecular weight is 206 g/mol. The van der Waals surface area contributed by atoms with Gasteiger partial charge in [-0.3, -0.25) is 0 Å². The number of likely N-dealkylation sites (N-methyl/N-ethyl adjacent to an activating group) is 1. The Morgan fingerprint density at radius 3 is 2.77 bits per heavy atom. The van der Waals surface area contributed by atoms with Crippen molar-refractivity contribution in [2.45, 2.75) is 25.8 Å². The predicted molar refractivity (Wildman–Crippen MR) is 53.1 cm³/mol. The predicted octanol–water partition coefficient (Wildman–Crippen LogP) is 0.0199. The molecule has 0 aromatic heterocycles. The van der Waals surface area contributed by atoms with Crippen LogP contribution in [0, 0.1) is 0 Å². The van der Waals surface area contributed by atoms with Gasteiger partial charge in [0.1, 0.15) is 0 Å². The lowest BCUT2D eigenvalue weighted by Gasteiger charge is -2.31. The molecule has 1 atom stereocenters. The van der Waals surface area contributed by atoms with Crippen LogP contribution in [0.25, 0.3) is 0 Å². The monoisotopic (exact) mass is 206 g/mol. The van der Waals surface area contributed by atoms with Crippen molar-refractivity contribution in [3.8, 4) is 0 Å². The molecule has 1 fully saturated rings. The van der Waals surface area contributed by atoms with Crippen LogP contribution in [0.15, 0.2) is 0 Å². The average Bonchev–Trinajstić information content (AvgIpc) is 2.18. The third kappa shape index (κ3) is 2.65. The normalized spacial score (nSPS) is 26.2. The van der Waals surface area contributed by atoms with Crippen molar-refractivity contribution in [3.63, 3.8) is 0 Å². The number of hydrogen-bond donors (Lipinski definition) is 1. The zero-order valence-electron chi connectivity index (χ0n) is 8.28. The molecular formula is C8H18N2O2S. The van der Waals surface area contributed by atoms with E-state index in [9.17, 15) is 8.42 Å². The largest absolute Gasteiger partial charge is 0.316 e. The van der Waals surface area contributed by atoms with Crippen LogP contribution >= 0.6 is 0 Å². The Morgan fingerprint density at radius 1 is 1.54 bits per heavy atom. The first kappa shape index (κ1) is 10.9. The molecule has 0 spiro atoms. The highest BCUT2D eigenvalue weighted by Gasteiger charge is 2.26. The number of nitrogens with zero attached hydrogens (tertiary/aromatic N) is 1. The lowest BCUT2D eigenvalue weighted by Crippen LogP contribution is -2.47. The van der Waals surface area contributed by atoms with Crippen LogP contribution in [-0.2, 0) is 10.0 Å². The lowest BCUT2D eigenvalue weighted by atomic mass is 10.1. The van der Waals surface area contributed by atoms with Crippen molar-refractivity contribution in [2.24, 2.45) is 0 Å². The standard InChI is InChI=1S/C8H18N2O2S/c1-3-13(11,12)10-6-4-5-8(7-10)9-2/h8-9H,3-7H2,1-2H3. The third-order valence-corrected chi connectivity index (χ3v) is 4.40. The van der Waals surface area contributed by atoms with E-state index in [0.29, 0.717) is 19.1 Å². The molecule has 0 saturated carbocycles. The van der Waals surface area contributed by atoms with Gasteiger partial charge in [-0.1, -0.05) is 0 Å². The highest BCUT2D eigenvalue weighted by Crippen LogP contribution is 2.13. The molecular weight excluding hydrogens is 188 g/mol. The van der Waals surface area contributed by atoms with Gasteiger partial charge in [0.25, 0.3) is 0 Å². The Balaban J connectivity index is 2.61. The Labute approximate surface area is 80.4 Å². The summed E-state index contributed by atoms with van der Waals surface area (Å²) < 4.78 is 24.6. The second kappa shape index (κ2) is 4.39. The molecule has 0 aliphatic carbocycles. The summed E-state index contributed by atoms with van der Waals surface area (Å²) in [7, 11) is -1.09. The van der Waals surface area contributed by atoms with E-state index in [0.717, 1.165) is 12.8 Å². The SMILES string of the molecule is CCS(=O)(=O)N1CCCC(NC)C1. The van der Waals surface area contributed by atoms with Crippen molar-refractivity contribution in [1.29, 1.82) is 0 Å². The quantitative estimate of drug-likeness (QED) is 0.708. The molecule has 1 rings (SSSR count). The minimum Gasteiger partial charge on any atom is -0.316 e. The highest BCUT2D eigenvalue weighted by atomic mass is 32.2. The molecule has 1 heterocycles. The van der Waals surface area contributed by atoms with Crippen molar-refractivity contribution in [3.05, 3.63) is 0 Å². The zero-order chi connectivity index (χ0) is 9.90. The molecule has 0 aromatic rings. The Bertz CT molecular complexity index is 251. The summed E-state index contributed by atoms with van der Waals surface area (Å²) in [5, 5.41) is 3.12. The highest BCUT2D eigenvalue weighted by molar-refractivity contribution is 7.89. The first-order chi connectivity index (χ1) is 6.10. The zero-order valence-corrected chi connectivity index (χ0v) is 9.10. The number of piperidine rings is 1. The molecule has 78 valence electrons. The maximum absolute atomic E-state index is 11.5. The van der Waals surface area contributed by atoms with Gasteiger partial charge in [-0.05, 0) is 26.8 Å². The molecule has 0 bridgehead atoms. The summed E-state index contributed by atoms with van der Waals surface area (Å²) in [4.78, 5) is 0. The molecule has 13 heavy (non-hydrogen) atoms. The van der Waals surface area contributed by atoms with Gasteiger partial charge in [0.15, 0.2) is 0 Å². The van der Waals surface area contributed by atoms with Gasteiger partial charge in [0, 0.05) is 19.1 Å². The van der Waals surface area contributed by atoms with E-state index in [2.05, 4.69) is 5.32 Å². The summed E-state index contributed by atoms with van der Waals surface area (Å²) in [6, 6.07) is 0.329. The van der Waals surface area contributed by atoms with Gasteiger partial charge in [0.2, 0.25) is 10.0 Å². The van der Waals surface area contributed by atoms with Gasteiger partial charge < -0.3 is 5.32 Å². The number of sulfonamides is 1. The summed E-state index contributed by atoms with van der Waals surface area (Å²) in [5.74, 6) is 0.212. The van der Waals surface area contributed by atoms with Crippen molar-refractivity contribution in [1.82, 2.24) is 9.62 Å². The van der Waals surface area contributed by atoms with Gasteiger partial charge in [-0.15, -0.1) is 0 Å². The molecule has 1 N–H and O–H groups in total. The maximum atomic E-state index is 11.5. The van der Waals surface area contributed by atoms with Crippen molar-refractivity contribution < 1.29 is 8.42 Å². The molecule has 0 aromatic carbocycles. The molecule has 0 radical (unpaired) electrons. The van der Waals surface area contributed by atoms with E-state index in [1.165, 1.54) is 0 Å². The summed E-state index contributed by atoms with van der Waals surface area (Å²) in [6.45, 7) is 3.01. The minimum atomic E-state index is -2.97. The van der Waals surface area contributed by atoms with Crippen molar-refractivity contribution in [2.75, 3.05) is 25.9 Å². The number of rotatable bonds is 3. The van der Waals surface area contributed by atoms with E-state index in [1.807, 2.05) is 7.05 Å². The van der Waals surface area contributed by atoms with E-state index < -0.39 is 10.0 Å². The lowest BCUT2D eigenvalue weighted by molar-refractivity contribution is 0.293. The van der Waals surface area contributed by atoms with Crippen LogP contribution < -0.4 is 5.32 Å². The molecule has 1 aliphatic rings. The molecule has 5 heteroatoms. The van der Waals surface area contributed by atoms with Crippen molar-refractivity contribution >= 4 is 10.0 Å². The Kier molecular flexibility index (Phi) is 3.70. The van der Waals surface area contributed by atoms with Crippen LogP contribution in [-0.4, -0.2) is 44.7 Å². The summed E-state index contributed by atoms with van der Waals surface area (Å²) >= 11 is 0. The molecule has 1 saturated heterocycles. The fraction of sp³-hybridized carbons (Fsp3) is 1.00. The maximum Gasteiger partial charge on any atom is 0.213 e. The smallest absolute Gasteiger partial charge is 0.213 e. The van der Waals surface area contributed by atoms with Crippen LogP contribution in [0.1, 0.15) is 19.8 Å². The second-order valence-electron chi connectivity index (χ2n) is 3.39. The molecule has 0 amide bonds. The van der Waals surface area contributed by atoms with E-state index in [-0.39, 0.29) is 5.75 Å². The first-order valence-electron chi connectivity index (χ1n) is 4.75. The van der Waals surface area contributed by atoms with E-state index in [4.69, 9.17) is 0 Å². The second-order valence-corrected chi connectivity index (χ2v) is 5.64. The topological polar surface area (TPSA) is 49.4 Å². The van der Waals surface area contributed by atoms with Crippen LogP contribution in [0.4, 0.5) is 0 Å². The van der Waals surface area contributed by atoms with E-state index in [1.54, 1.807) is 11.2 Å². The Hall–Kier alpha value is -0.130.